The molecular weight excluding hydrogens is 350 g/mol. The zero-order valence-electron chi connectivity index (χ0n) is 14.6. The van der Waals surface area contributed by atoms with E-state index in [1.807, 2.05) is 26.0 Å². The van der Waals surface area contributed by atoms with Crippen molar-refractivity contribution in [2.24, 2.45) is 0 Å². The molecule has 10 nitrogen and oxygen atoms in total. The number of hydrogen-bond donors (Lipinski definition) is 2. The van der Waals surface area contributed by atoms with Crippen LogP contribution in [0.5, 0.6) is 5.75 Å². The van der Waals surface area contributed by atoms with Gasteiger partial charge < -0.3 is 4.74 Å². The van der Waals surface area contributed by atoms with Crippen LogP contribution in [0.15, 0.2) is 30.3 Å². The lowest BCUT2D eigenvalue weighted by Crippen LogP contribution is -2.44. The number of nitriles is 1. The molecule has 0 aliphatic heterocycles. The highest BCUT2D eigenvalue weighted by Gasteiger charge is 2.16. The number of amides is 2. The van der Waals surface area contributed by atoms with Gasteiger partial charge in [-0.3, -0.25) is 20.4 Å². The summed E-state index contributed by atoms with van der Waals surface area (Å²) < 4.78 is 6.71. The number of hydrogen-bond acceptors (Lipinski definition) is 7. The third-order valence-electron chi connectivity index (χ3n) is 3.50. The highest BCUT2D eigenvalue weighted by atomic mass is 16.5. The fourth-order valence-corrected chi connectivity index (χ4v) is 2.31. The third kappa shape index (κ3) is 3.98. The minimum absolute atomic E-state index is 0.132. The van der Waals surface area contributed by atoms with Gasteiger partial charge in [0.2, 0.25) is 5.82 Å². The van der Waals surface area contributed by atoms with Gasteiger partial charge in [0.05, 0.1) is 5.56 Å². The van der Waals surface area contributed by atoms with Crippen molar-refractivity contribution in [3.63, 3.8) is 0 Å². The summed E-state index contributed by atoms with van der Waals surface area (Å²) in [7, 11) is 0. The van der Waals surface area contributed by atoms with E-state index in [2.05, 4.69) is 25.9 Å². The summed E-state index contributed by atoms with van der Waals surface area (Å²) in [5.74, 6) is -0.860. The molecule has 0 unspecified atom stereocenters. The molecule has 0 saturated carbocycles. The Kier molecular flexibility index (Phi) is 4.94. The Morgan fingerprint density at radius 2 is 2.00 bits per heavy atom. The van der Waals surface area contributed by atoms with Crippen molar-refractivity contribution in [1.82, 2.24) is 30.4 Å². The lowest BCUT2D eigenvalue weighted by Gasteiger charge is -2.08. The molecule has 0 radical (unpaired) electrons. The first-order valence-electron chi connectivity index (χ1n) is 7.90. The maximum atomic E-state index is 12.1. The molecule has 27 heavy (non-hydrogen) atoms. The van der Waals surface area contributed by atoms with E-state index in [1.54, 1.807) is 24.3 Å². The Morgan fingerprint density at radius 1 is 1.22 bits per heavy atom. The summed E-state index contributed by atoms with van der Waals surface area (Å²) in [6, 6.07) is 10.3. The molecule has 0 aliphatic rings. The van der Waals surface area contributed by atoms with Gasteiger partial charge in [-0.1, -0.05) is 12.1 Å². The van der Waals surface area contributed by atoms with Gasteiger partial charge in [0.15, 0.2) is 6.61 Å². The van der Waals surface area contributed by atoms with E-state index in [-0.39, 0.29) is 18.2 Å². The number of benzene rings is 1. The molecule has 1 aromatic carbocycles. The van der Waals surface area contributed by atoms with Crippen LogP contribution in [0.25, 0.3) is 5.78 Å². The van der Waals surface area contributed by atoms with Crippen LogP contribution in [-0.4, -0.2) is 38.0 Å². The number of aryl methyl sites for hydroxylation is 2. The standard InChI is InChI=1S/C17H15N7O3/c1-10-7-11(2)24-17(19-10)20-15(23-24)16(26)22-21-14(25)9-27-13-6-4-3-5-12(13)8-18/h3-7H,9H2,1-2H3,(H,21,25)(H,22,26). The summed E-state index contributed by atoms with van der Waals surface area (Å²) in [5, 5.41) is 13.0. The molecule has 0 fully saturated rings. The number of nitrogens with zero attached hydrogens (tertiary/aromatic N) is 5. The smallest absolute Gasteiger partial charge is 0.309 e. The lowest BCUT2D eigenvalue weighted by molar-refractivity contribution is -0.123. The molecule has 2 aromatic heterocycles. The number of carbonyl (C=O) groups is 2. The maximum absolute atomic E-state index is 12.1. The normalized spacial score (nSPS) is 10.3. The number of para-hydroxylation sites is 1. The van der Waals surface area contributed by atoms with Crippen LogP contribution < -0.4 is 15.6 Å². The van der Waals surface area contributed by atoms with E-state index in [0.717, 1.165) is 11.4 Å². The summed E-state index contributed by atoms with van der Waals surface area (Å²) in [6.07, 6.45) is 0. The second-order valence-electron chi connectivity index (χ2n) is 5.59. The molecule has 136 valence electrons. The van der Waals surface area contributed by atoms with Gasteiger partial charge >= 0.3 is 5.91 Å². The van der Waals surface area contributed by atoms with Gasteiger partial charge in [0.1, 0.15) is 11.8 Å². The number of fused-ring (bicyclic) bond motifs is 1. The van der Waals surface area contributed by atoms with Crippen molar-refractivity contribution >= 4 is 17.6 Å². The summed E-state index contributed by atoms with van der Waals surface area (Å²) in [4.78, 5) is 32.2. The number of carbonyl (C=O) groups excluding carboxylic acids is 2. The van der Waals surface area contributed by atoms with Crippen LogP contribution >= 0.6 is 0 Å². The Morgan fingerprint density at radius 3 is 2.78 bits per heavy atom. The average molecular weight is 365 g/mol. The highest BCUT2D eigenvalue weighted by Crippen LogP contribution is 2.16. The Labute approximate surface area is 153 Å². The van der Waals surface area contributed by atoms with E-state index < -0.39 is 11.8 Å². The average Bonchev–Trinajstić information content (AvgIpc) is 3.09. The molecule has 0 aliphatic carbocycles. The van der Waals surface area contributed by atoms with Gasteiger partial charge in [-0.25, -0.2) is 9.50 Å². The molecule has 0 bridgehead atoms. The van der Waals surface area contributed by atoms with Gasteiger partial charge in [0, 0.05) is 11.4 Å². The van der Waals surface area contributed by atoms with E-state index in [1.165, 1.54) is 4.52 Å². The summed E-state index contributed by atoms with van der Waals surface area (Å²) >= 11 is 0. The van der Waals surface area contributed by atoms with Crippen molar-refractivity contribution in [3.05, 3.63) is 53.1 Å². The van der Waals surface area contributed by atoms with E-state index in [9.17, 15) is 9.59 Å². The number of rotatable bonds is 4. The molecule has 3 rings (SSSR count). The SMILES string of the molecule is Cc1cc(C)n2nc(C(=O)NNC(=O)COc3ccccc3C#N)nc2n1. The zero-order chi connectivity index (χ0) is 19.4. The van der Waals surface area contributed by atoms with Gasteiger partial charge in [0.25, 0.3) is 11.7 Å². The largest absolute Gasteiger partial charge is 0.482 e. The Bertz CT molecular complexity index is 1070. The molecule has 2 heterocycles. The van der Waals surface area contributed by atoms with Crippen LogP contribution in [0.1, 0.15) is 27.6 Å². The van der Waals surface area contributed by atoms with Gasteiger partial charge in [-0.15, -0.1) is 5.10 Å². The first-order valence-corrected chi connectivity index (χ1v) is 7.90. The van der Waals surface area contributed by atoms with Crippen LogP contribution in [0.3, 0.4) is 0 Å². The van der Waals surface area contributed by atoms with Crippen molar-refractivity contribution in [2.45, 2.75) is 13.8 Å². The molecule has 0 atom stereocenters. The second kappa shape index (κ2) is 7.49. The second-order valence-corrected chi connectivity index (χ2v) is 5.59. The van der Waals surface area contributed by atoms with Crippen LogP contribution in [0.2, 0.25) is 0 Å². The highest BCUT2D eigenvalue weighted by molar-refractivity contribution is 5.92. The predicted molar refractivity (Wildman–Crippen MR) is 92.5 cm³/mol. The first-order chi connectivity index (χ1) is 13.0. The zero-order valence-corrected chi connectivity index (χ0v) is 14.6. The fraction of sp³-hybridized carbons (Fsp3) is 0.176. The molecule has 2 amide bonds. The first kappa shape index (κ1) is 17.8. The van der Waals surface area contributed by atoms with Crippen molar-refractivity contribution < 1.29 is 14.3 Å². The molecule has 0 spiro atoms. The van der Waals surface area contributed by atoms with Gasteiger partial charge in [-0.2, -0.15) is 10.2 Å². The fourth-order valence-electron chi connectivity index (χ4n) is 2.31. The van der Waals surface area contributed by atoms with Crippen molar-refractivity contribution in [3.8, 4) is 11.8 Å². The lowest BCUT2D eigenvalue weighted by atomic mass is 10.2. The minimum atomic E-state index is -0.691. The topological polar surface area (TPSA) is 134 Å². The third-order valence-corrected chi connectivity index (χ3v) is 3.50. The van der Waals surface area contributed by atoms with E-state index >= 15 is 0 Å². The van der Waals surface area contributed by atoms with Crippen molar-refractivity contribution in [1.29, 1.82) is 5.26 Å². The molecule has 3 aromatic rings. The van der Waals surface area contributed by atoms with E-state index in [0.29, 0.717) is 11.3 Å². The number of aromatic nitrogens is 4. The minimum Gasteiger partial charge on any atom is -0.482 e. The Balaban J connectivity index is 1.58. The Hall–Kier alpha value is -4.00. The predicted octanol–water partition coefficient (Wildman–Crippen LogP) is 0.453. The molecule has 2 N–H and O–H groups in total. The molecule has 10 heteroatoms. The maximum Gasteiger partial charge on any atom is 0.309 e. The molecular formula is C17H15N7O3. The summed E-state index contributed by atoms with van der Waals surface area (Å²) in [6.45, 7) is 3.25. The van der Waals surface area contributed by atoms with Crippen molar-refractivity contribution in [2.75, 3.05) is 6.61 Å². The number of hydrazine groups is 1. The van der Waals surface area contributed by atoms with Crippen LogP contribution in [0, 0.1) is 25.2 Å². The number of ether oxygens (including phenoxy) is 1. The van der Waals surface area contributed by atoms with Crippen LogP contribution in [-0.2, 0) is 4.79 Å². The quantitative estimate of drug-likeness (QED) is 0.641. The number of nitrogens with one attached hydrogen (secondary N) is 2. The van der Waals surface area contributed by atoms with E-state index in [4.69, 9.17) is 10.00 Å². The monoisotopic (exact) mass is 365 g/mol. The molecule has 0 saturated heterocycles. The van der Waals surface area contributed by atoms with Gasteiger partial charge in [-0.05, 0) is 32.0 Å². The van der Waals surface area contributed by atoms with Crippen LogP contribution in [0.4, 0.5) is 0 Å². The summed E-state index contributed by atoms with van der Waals surface area (Å²) in [5.41, 5.74) is 6.25.